The van der Waals surface area contributed by atoms with E-state index in [-0.39, 0.29) is 17.8 Å². The van der Waals surface area contributed by atoms with E-state index < -0.39 is 0 Å². The van der Waals surface area contributed by atoms with E-state index in [1.54, 1.807) is 23.1 Å². The Morgan fingerprint density at radius 2 is 2.00 bits per heavy atom. The van der Waals surface area contributed by atoms with Gasteiger partial charge >= 0.3 is 0 Å². The Morgan fingerprint density at radius 1 is 1.20 bits per heavy atom. The first-order valence-electron chi connectivity index (χ1n) is 7.93. The van der Waals surface area contributed by atoms with E-state index in [1.165, 1.54) is 17.4 Å². The number of rotatable bonds is 4. The molecule has 0 N–H and O–H groups in total. The Hall–Kier alpha value is -2.73. The number of benzene rings is 2. The molecule has 3 aromatic rings. The molecular formula is C19H15FN2O2S. The highest BCUT2D eigenvalue weighted by Crippen LogP contribution is 2.30. The summed E-state index contributed by atoms with van der Waals surface area (Å²) in [6, 6.07) is 14.5. The van der Waals surface area contributed by atoms with Gasteiger partial charge < -0.3 is 9.64 Å². The second kappa shape index (κ2) is 6.64. The molecule has 0 saturated carbocycles. The van der Waals surface area contributed by atoms with Crippen molar-refractivity contribution in [1.82, 2.24) is 9.88 Å². The fraction of sp³-hybridized carbons (Fsp3) is 0.158. The number of nitrogens with zero attached hydrogens (tertiary/aromatic N) is 2. The van der Waals surface area contributed by atoms with Gasteiger partial charge in [0.1, 0.15) is 17.4 Å². The summed E-state index contributed by atoms with van der Waals surface area (Å²) < 4.78 is 20.2. The Bertz CT molecular complexity index is 933. The van der Waals surface area contributed by atoms with E-state index in [4.69, 9.17) is 4.74 Å². The lowest BCUT2D eigenvalue weighted by atomic mass is 10.1. The minimum absolute atomic E-state index is 0.0425. The van der Waals surface area contributed by atoms with Gasteiger partial charge in [0.25, 0.3) is 5.19 Å². The third-order valence-electron chi connectivity index (χ3n) is 4.00. The first-order valence-corrected chi connectivity index (χ1v) is 8.74. The van der Waals surface area contributed by atoms with E-state index in [2.05, 4.69) is 4.98 Å². The number of amides is 1. The van der Waals surface area contributed by atoms with Gasteiger partial charge in [-0.2, -0.15) is 4.98 Å². The summed E-state index contributed by atoms with van der Waals surface area (Å²) in [6.07, 6.45) is 3.27. The van der Waals surface area contributed by atoms with Crippen LogP contribution in [0.25, 0.3) is 16.3 Å². The van der Waals surface area contributed by atoms with Crippen molar-refractivity contribution in [3.8, 4) is 5.19 Å². The van der Waals surface area contributed by atoms with Crippen LogP contribution in [0.1, 0.15) is 5.56 Å². The molecule has 2 heterocycles. The topological polar surface area (TPSA) is 42.4 Å². The molecule has 1 aliphatic rings. The van der Waals surface area contributed by atoms with Gasteiger partial charge in [-0.1, -0.05) is 47.7 Å². The van der Waals surface area contributed by atoms with E-state index in [1.807, 2.05) is 36.4 Å². The summed E-state index contributed by atoms with van der Waals surface area (Å²) in [7, 11) is 0. The molecule has 4 nitrogen and oxygen atoms in total. The van der Waals surface area contributed by atoms with Gasteiger partial charge in [0.05, 0.1) is 17.8 Å². The minimum atomic E-state index is -0.347. The number of para-hydroxylation sites is 1. The van der Waals surface area contributed by atoms with Crippen molar-refractivity contribution in [2.24, 2.45) is 0 Å². The molecule has 1 aliphatic heterocycles. The summed E-state index contributed by atoms with van der Waals surface area (Å²) in [5, 5.41) is 0.442. The highest BCUT2D eigenvalue weighted by Gasteiger charge is 2.32. The highest BCUT2D eigenvalue weighted by molar-refractivity contribution is 7.20. The van der Waals surface area contributed by atoms with Gasteiger partial charge in [0.2, 0.25) is 5.91 Å². The van der Waals surface area contributed by atoms with Crippen molar-refractivity contribution >= 4 is 33.5 Å². The van der Waals surface area contributed by atoms with Gasteiger partial charge in [-0.25, -0.2) is 4.39 Å². The number of aromatic nitrogens is 1. The average Bonchev–Trinajstić information content (AvgIpc) is 3.01. The fourth-order valence-electron chi connectivity index (χ4n) is 2.62. The van der Waals surface area contributed by atoms with Crippen molar-refractivity contribution in [3.63, 3.8) is 0 Å². The van der Waals surface area contributed by atoms with E-state index in [9.17, 15) is 9.18 Å². The molecule has 1 aromatic heterocycles. The maximum Gasteiger partial charge on any atom is 0.274 e. The molecule has 0 spiro atoms. The molecule has 0 aliphatic carbocycles. The Balaban J connectivity index is 1.33. The summed E-state index contributed by atoms with van der Waals surface area (Å²) in [5.41, 5.74) is 1.32. The number of likely N-dealkylation sites (tertiary alicyclic amines) is 1. The maximum absolute atomic E-state index is 13.7. The molecule has 1 fully saturated rings. The third kappa shape index (κ3) is 3.39. The maximum atomic E-state index is 13.7. The molecule has 25 heavy (non-hydrogen) atoms. The van der Waals surface area contributed by atoms with Crippen molar-refractivity contribution in [2.75, 3.05) is 13.1 Å². The number of carbonyl (C=O) groups is 1. The van der Waals surface area contributed by atoms with Crippen LogP contribution >= 0.6 is 11.3 Å². The predicted molar refractivity (Wildman–Crippen MR) is 96.1 cm³/mol. The minimum Gasteiger partial charge on any atom is -0.463 e. The lowest BCUT2D eigenvalue weighted by Gasteiger charge is -2.37. The SMILES string of the molecule is O=C(C=Cc1ccccc1)N1CC(Oc2nc3c(F)cccc3s2)C1. The molecule has 6 heteroatoms. The molecule has 0 bridgehead atoms. The van der Waals surface area contributed by atoms with Crippen LogP contribution in [0.5, 0.6) is 5.19 Å². The summed E-state index contributed by atoms with van der Waals surface area (Å²) >= 11 is 1.32. The van der Waals surface area contributed by atoms with Crippen molar-refractivity contribution in [3.05, 3.63) is 66.0 Å². The Labute approximate surface area is 148 Å². The number of hydrogen-bond acceptors (Lipinski definition) is 4. The standard InChI is InChI=1S/C19H15FN2O2S/c20-15-7-4-8-16-18(15)21-19(25-16)24-14-11-22(12-14)17(23)10-9-13-5-2-1-3-6-13/h1-10,14H,11-12H2. The molecule has 1 saturated heterocycles. The predicted octanol–water partition coefficient (Wildman–Crippen LogP) is 3.74. The molecule has 0 unspecified atom stereocenters. The lowest BCUT2D eigenvalue weighted by Crippen LogP contribution is -2.55. The zero-order valence-corrected chi connectivity index (χ0v) is 14.1. The van der Waals surface area contributed by atoms with Crippen LogP contribution in [-0.2, 0) is 4.79 Å². The number of hydrogen-bond donors (Lipinski definition) is 0. The molecule has 0 atom stereocenters. The fourth-order valence-corrected chi connectivity index (χ4v) is 3.51. The van der Waals surface area contributed by atoms with E-state index in [0.29, 0.717) is 23.8 Å². The monoisotopic (exact) mass is 354 g/mol. The van der Waals surface area contributed by atoms with Gasteiger partial charge in [-0.05, 0) is 23.8 Å². The molecule has 4 rings (SSSR count). The van der Waals surface area contributed by atoms with Gasteiger partial charge in [-0.3, -0.25) is 4.79 Å². The van der Waals surface area contributed by atoms with Crippen molar-refractivity contribution < 1.29 is 13.9 Å². The van der Waals surface area contributed by atoms with Crippen LogP contribution in [0.4, 0.5) is 4.39 Å². The number of carbonyl (C=O) groups excluding carboxylic acids is 1. The first kappa shape index (κ1) is 15.8. The molecule has 0 radical (unpaired) electrons. The summed E-state index contributed by atoms with van der Waals surface area (Å²) in [4.78, 5) is 18.0. The molecule has 2 aromatic carbocycles. The highest BCUT2D eigenvalue weighted by atomic mass is 32.1. The number of ether oxygens (including phenoxy) is 1. The van der Waals surface area contributed by atoms with Crippen LogP contribution in [0.3, 0.4) is 0 Å². The summed E-state index contributed by atoms with van der Waals surface area (Å²) in [5.74, 6) is -0.390. The van der Waals surface area contributed by atoms with Crippen LogP contribution in [0.2, 0.25) is 0 Å². The number of thiazole rings is 1. The first-order chi connectivity index (χ1) is 12.2. The molecular weight excluding hydrogens is 339 g/mol. The van der Waals surface area contributed by atoms with Gasteiger partial charge in [0, 0.05) is 6.08 Å². The van der Waals surface area contributed by atoms with E-state index >= 15 is 0 Å². The average molecular weight is 354 g/mol. The van der Waals surface area contributed by atoms with Gasteiger partial charge in [-0.15, -0.1) is 0 Å². The van der Waals surface area contributed by atoms with Crippen LogP contribution in [0.15, 0.2) is 54.6 Å². The number of fused-ring (bicyclic) bond motifs is 1. The third-order valence-corrected chi connectivity index (χ3v) is 4.91. The Kier molecular flexibility index (Phi) is 4.19. The van der Waals surface area contributed by atoms with Crippen LogP contribution in [-0.4, -0.2) is 35.0 Å². The quantitative estimate of drug-likeness (QED) is 0.671. The summed E-state index contributed by atoms with van der Waals surface area (Å²) in [6.45, 7) is 1.02. The van der Waals surface area contributed by atoms with Crippen molar-refractivity contribution in [1.29, 1.82) is 0 Å². The van der Waals surface area contributed by atoms with Crippen LogP contribution in [0, 0.1) is 5.82 Å². The largest absolute Gasteiger partial charge is 0.463 e. The van der Waals surface area contributed by atoms with Crippen molar-refractivity contribution in [2.45, 2.75) is 6.10 Å². The second-order valence-corrected chi connectivity index (χ2v) is 6.79. The number of halogens is 1. The van der Waals surface area contributed by atoms with Crippen LogP contribution < -0.4 is 4.74 Å². The Morgan fingerprint density at radius 3 is 2.76 bits per heavy atom. The normalized spacial score (nSPS) is 14.8. The molecule has 1 amide bonds. The lowest BCUT2D eigenvalue weighted by molar-refractivity contribution is -0.134. The molecule has 126 valence electrons. The smallest absolute Gasteiger partial charge is 0.274 e. The second-order valence-electron chi connectivity index (χ2n) is 5.79. The zero-order chi connectivity index (χ0) is 17.2. The van der Waals surface area contributed by atoms with E-state index in [0.717, 1.165) is 10.3 Å². The zero-order valence-electron chi connectivity index (χ0n) is 13.3. The van der Waals surface area contributed by atoms with Gasteiger partial charge in [0.15, 0.2) is 0 Å².